The van der Waals surface area contributed by atoms with Gasteiger partial charge in [0.1, 0.15) is 17.2 Å². The van der Waals surface area contributed by atoms with Crippen LogP contribution in [0.25, 0.3) is 0 Å². The monoisotopic (exact) mass is 836 g/mol. The molecule has 0 saturated heterocycles. The molecule has 3 aromatic rings. The molecule has 0 aliphatic heterocycles. The van der Waals surface area contributed by atoms with Gasteiger partial charge in [0.05, 0.1) is 0 Å². The van der Waals surface area contributed by atoms with Crippen molar-refractivity contribution in [1.82, 2.24) is 0 Å². The molecule has 0 N–H and O–H groups in total. The number of rotatable bonds is 6. The summed E-state index contributed by atoms with van der Waals surface area (Å²) in [5, 5.41) is 0. The SMILES string of the molecule is Cc1c(OP(=O)(Oc2ccc(Br)c(Br)c2C)Oc2ccc(Br)c(Br)c2C)ccc(Br)c1Br. The predicted molar refractivity (Wildman–Crippen MR) is 149 cm³/mol. The molecule has 0 heterocycles. The van der Waals surface area contributed by atoms with Crippen LogP contribution in [0, 0.1) is 20.8 Å². The zero-order valence-electron chi connectivity index (χ0n) is 16.8. The van der Waals surface area contributed by atoms with Gasteiger partial charge in [-0.2, -0.15) is 4.57 Å². The van der Waals surface area contributed by atoms with Crippen molar-refractivity contribution in [3.05, 3.63) is 79.9 Å². The second kappa shape index (κ2) is 10.8. The molecule has 0 atom stereocenters. The summed E-state index contributed by atoms with van der Waals surface area (Å²) in [7, 11) is -4.18. The van der Waals surface area contributed by atoms with Crippen LogP contribution >= 0.6 is 103 Å². The van der Waals surface area contributed by atoms with Gasteiger partial charge in [0.25, 0.3) is 0 Å². The van der Waals surface area contributed by atoms with Gasteiger partial charge in [-0.3, -0.25) is 0 Å². The van der Waals surface area contributed by atoms with Crippen LogP contribution in [0.1, 0.15) is 16.7 Å². The standard InChI is InChI=1S/C21H15Br6O4P/c1-10-16(7-4-13(22)19(10)25)29-32(28,30-17-8-5-14(23)20(26)11(17)2)31-18-9-6-15(24)21(27)12(18)3/h4-9H,1-3H3. The minimum Gasteiger partial charge on any atom is -0.386 e. The van der Waals surface area contributed by atoms with Crippen molar-refractivity contribution in [2.75, 3.05) is 0 Å². The highest BCUT2D eigenvalue weighted by atomic mass is 79.9. The van der Waals surface area contributed by atoms with E-state index in [9.17, 15) is 4.57 Å². The molecule has 0 aliphatic rings. The first-order chi connectivity index (χ1) is 14.9. The van der Waals surface area contributed by atoms with E-state index in [1.165, 1.54) is 0 Å². The van der Waals surface area contributed by atoms with E-state index in [1.807, 2.05) is 20.8 Å². The van der Waals surface area contributed by atoms with Gasteiger partial charge in [-0.05, 0) is 153 Å². The van der Waals surface area contributed by atoms with Crippen LogP contribution in [0.4, 0.5) is 0 Å². The van der Waals surface area contributed by atoms with Gasteiger partial charge in [0, 0.05) is 43.5 Å². The number of hydrogen-bond donors (Lipinski definition) is 0. The normalized spacial score (nSPS) is 11.4. The van der Waals surface area contributed by atoms with Crippen LogP contribution in [0.15, 0.2) is 63.2 Å². The fourth-order valence-electron chi connectivity index (χ4n) is 2.62. The number of halogens is 6. The second-order valence-corrected chi connectivity index (χ2v) is 13.1. The molecular formula is C21H15Br6O4P. The van der Waals surface area contributed by atoms with E-state index < -0.39 is 7.82 Å². The Morgan fingerprint density at radius 2 is 0.781 bits per heavy atom. The van der Waals surface area contributed by atoms with Crippen molar-refractivity contribution in [2.24, 2.45) is 0 Å². The summed E-state index contributed by atoms with van der Waals surface area (Å²) in [5.74, 6) is 1.10. The summed E-state index contributed by atoms with van der Waals surface area (Å²) in [6.07, 6.45) is 0. The van der Waals surface area contributed by atoms with Gasteiger partial charge >= 0.3 is 7.82 Å². The molecule has 0 fully saturated rings. The highest BCUT2D eigenvalue weighted by molar-refractivity contribution is 9.13. The van der Waals surface area contributed by atoms with Crippen LogP contribution in [0.2, 0.25) is 0 Å². The molecule has 3 aromatic carbocycles. The zero-order valence-corrected chi connectivity index (χ0v) is 27.2. The summed E-state index contributed by atoms with van der Waals surface area (Å²) >= 11 is 20.9. The lowest BCUT2D eigenvalue weighted by atomic mass is 10.2. The summed E-state index contributed by atoms with van der Waals surface area (Å²) in [5.41, 5.74) is 2.23. The number of benzene rings is 3. The molecule has 0 aromatic heterocycles. The van der Waals surface area contributed by atoms with E-state index in [2.05, 4.69) is 95.6 Å². The maximum absolute atomic E-state index is 14.0. The van der Waals surface area contributed by atoms with Crippen molar-refractivity contribution < 1.29 is 18.1 Å². The Morgan fingerprint density at radius 1 is 0.531 bits per heavy atom. The minimum absolute atomic E-state index is 0.367. The minimum atomic E-state index is -4.18. The Morgan fingerprint density at radius 3 is 1.03 bits per heavy atom. The first-order valence-electron chi connectivity index (χ1n) is 8.96. The third-order valence-corrected chi connectivity index (χ3v) is 12.4. The number of phosphoric ester groups is 1. The lowest BCUT2D eigenvalue weighted by molar-refractivity contribution is 0.296. The molecule has 0 bridgehead atoms. The average Bonchev–Trinajstić information content (AvgIpc) is 2.75. The van der Waals surface area contributed by atoms with Crippen LogP contribution in [0.5, 0.6) is 17.2 Å². The van der Waals surface area contributed by atoms with Crippen molar-refractivity contribution >= 4 is 103 Å². The maximum Gasteiger partial charge on any atom is 0.647 e. The van der Waals surface area contributed by atoms with E-state index in [0.29, 0.717) is 17.2 Å². The Balaban J connectivity index is 2.09. The molecule has 0 spiro atoms. The van der Waals surface area contributed by atoms with Crippen molar-refractivity contribution in [3.63, 3.8) is 0 Å². The van der Waals surface area contributed by atoms with Crippen molar-refractivity contribution in [2.45, 2.75) is 20.8 Å². The Labute approximate surface area is 237 Å². The predicted octanol–water partition coefficient (Wildman–Crippen LogP) is 10.8. The van der Waals surface area contributed by atoms with E-state index in [4.69, 9.17) is 13.6 Å². The van der Waals surface area contributed by atoms with Gasteiger partial charge in [-0.1, -0.05) is 0 Å². The van der Waals surface area contributed by atoms with Crippen LogP contribution in [-0.4, -0.2) is 0 Å². The van der Waals surface area contributed by atoms with Crippen LogP contribution < -0.4 is 13.6 Å². The summed E-state index contributed by atoms with van der Waals surface area (Å²) in [4.78, 5) is 0. The molecule has 3 rings (SSSR count). The molecule has 32 heavy (non-hydrogen) atoms. The molecule has 0 amide bonds. The Hall–Kier alpha value is 0.170. The Bertz CT molecular complexity index is 1100. The van der Waals surface area contributed by atoms with E-state index in [-0.39, 0.29) is 0 Å². The van der Waals surface area contributed by atoms with Crippen molar-refractivity contribution in [1.29, 1.82) is 0 Å². The van der Waals surface area contributed by atoms with E-state index >= 15 is 0 Å². The third-order valence-electron chi connectivity index (χ3n) is 4.50. The van der Waals surface area contributed by atoms with Gasteiger partial charge in [-0.25, -0.2) is 0 Å². The van der Waals surface area contributed by atoms with Gasteiger partial charge in [-0.15, -0.1) is 0 Å². The number of hydrogen-bond acceptors (Lipinski definition) is 4. The van der Waals surface area contributed by atoms with Gasteiger partial charge in [0.2, 0.25) is 0 Å². The zero-order chi connectivity index (χ0) is 23.8. The largest absolute Gasteiger partial charge is 0.647 e. The van der Waals surface area contributed by atoms with Gasteiger partial charge in [0.15, 0.2) is 0 Å². The highest BCUT2D eigenvalue weighted by Crippen LogP contribution is 2.53. The fourth-order valence-corrected chi connectivity index (χ4v) is 6.32. The molecule has 0 aliphatic carbocycles. The summed E-state index contributed by atoms with van der Waals surface area (Å²) in [6.45, 7) is 5.53. The van der Waals surface area contributed by atoms with Crippen LogP contribution in [-0.2, 0) is 4.57 Å². The molecule has 0 unspecified atom stereocenters. The Kier molecular flexibility index (Phi) is 9.06. The summed E-state index contributed by atoms with van der Waals surface area (Å²) < 4.78 is 36.7. The average molecular weight is 842 g/mol. The highest BCUT2D eigenvalue weighted by Gasteiger charge is 2.36. The lowest BCUT2D eigenvalue weighted by Crippen LogP contribution is -2.10. The molecule has 11 heteroatoms. The smallest absolute Gasteiger partial charge is 0.386 e. The quantitative estimate of drug-likeness (QED) is 0.232. The molecule has 170 valence electrons. The first-order valence-corrected chi connectivity index (χ1v) is 15.2. The van der Waals surface area contributed by atoms with Crippen molar-refractivity contribution in [3.8, 4) is 17.2 Å². The maximum atomic E-state index is 14.0. The van der Waals surface area contributed by atoms with Gasteiger partial charge < -0.3 is 13.6 Å². The summed E-state index contributed by atoms with van der Waals surface area (Å²) in [6, 6.07) is 10.5. The molecular weight excluding hydrogens is 827 g/mol. The molecule has 0 radical (unpaired) electrons. The van der Waals surface area contributed by atoms with E-state index in [0.717, 1.165) is 43.5 Å². The van der Waals surface area contributed by atoms with E-state index in [1.54, 1.807) is 36.4 Å². The molecule has 0 saturated carbocycles. The van der Waals surface area contributed by atoms with Crippen LogP contribution in [0.3, 0.4) is 0 Å². The topological polar surface area (TPSA) is 44.8 Å². The lowest BCUT2D eigenvalue weighted by Gasteiger charge is -2.23. The fraction of sp³-hybridized carbons (Fsp3) is 0.143. The number of phosphoric acid groups is 1. The first kappa shape index (κ1) is 26.8. The third kappa shape index (κ3) is 5.86. The second-order valence-electron chi connectivity index (χ2n) is 6.67. The molecule has 4 nitrogen and oxygen atoms in total.